The first kappa shape index (κ1) is 15.2. The van der Waals surface area contributed by atoms with Crippen LogP contribution in [0.15, 0.2) is 29.4 Å². The molecule has 0 bridgehead atoms. The lowest BCUT2D eigenvalue weighted by Gasteiger charge is -2.20. The maximum absolute atomic E-state index is 4.70. The summed E-state index contributed by atoms with van der Waals surface area (Å²) in [6.45, 7) is 6.56. The fourth-order valence-corrected chi connectivity index (χ4v) is 3.41. The Morgan fingerprint density at radius 3 is 2.50 bits per heavy atom. The second-order valence-corrected chi connectivity index (χ2v) is 7.24. The standard InChI is InChI=1S/C17H22N4S/c1-12-4-6-14(7-5-12)16-13(2)22-17(18-16)20-19-15-8-10-21(3)11-9-15/h4-7H,8-11H2,1-3H3,(H,18,20)/p+1. The Bertz CT molecular complexity index is 662. The summed E-state index contributed by atoms with van der Waals surface area (Å²) < 4.78 is 0. The molecule has 3 rings (SSSR count). The van der Waals surface area contributed by atoms with E-state index in [0.29, 0.717) is 0 Å². The second-order valence-electron chi connectivity index (χ2n) is 6.04. The van der Waals surface area contributed by atoms with Gasteiger partial charge in [0.25, 0.3) is 0 Å². The molecule has 0 saturated carbocycles. The van der Waals surface area contributed by atoms with E-state index in [2.05, 4.69) is 55.7 Å². The number of aromatic nitrogens is 1. The van der Waals surface area contributed by atoms with Gasteiger partial charge in [-0.15, -0.1) is 11.3 Å². The molecule has 1 aromatic carbocycles. The van der Waals surface area contributed by atoms with Crippen LogP contribution < -0.4 is 10.3 Å². The van der Waals surface area contributed by atoms with E-state index < -0.39 is 0 Å². The zero-order valence-electron chi connectivity index (χ0n) is 13.4. The number of hydrogen-bond donors (Lipinski definition) is 2. The third-order valence-corrected chi connectivity index (χ3v) is 4.99. The second kappa shape index (κ2) is 6.58. The van der Waals surface area contributed by atoms with Gasteiger partial charge in [-0.1, -0.05) is 29.8 Å². The Labute approximate surface area is 135 Å². The topological polar surface area (TPSA) is 41.7 Å². The van der Waals surface area contributed by atoms with Crippen LogP contribution in [0.25, 0.3) is 11.3 Å². The number of benzene rings is 1. The molecule has 0 radical (unpaired) electrons. The number of rotatable bonds is 3. The van der Waals surface area contributed by atoms with Crippen molar-refractivity contribution in [2.24, 2.45) is 5.10 Å². The van der Waals surface area contributed by atoms with Gasteiger partial charge in [0.2, 0.25) is 5.13 Å². The monoisotopic (exact) mass is 315 g/mol. The molecule has 0 spiro atoms. The molecule has 1 aliphatic rings. The van der Waals surface area contributed by atoms with Crippen molar-refractivity contribution < 1.29 is 4.90 Å². The van der Waals surface area contributed by atoms with Crippen LogP contribution in [0.1, 0.15) is 23.3 Å². The van der Waals surface area contributed by atoms with E-state index >= 15 is 0 Å². The minimum Gasteiger partial charge on any atom is -0.337 e. The Kier molecular flexibility index (Phi) is 4.55. The number of quaternary nitrogens is 1. The van der Waals surface area contributed by atoms with Crippen LogP contribution >= 0.6 is 11.3 Å². The van der Waals surface area contributed by atoms with E-state index in [-0.39, 0.29) is 0 Å². The van der Waals surface area contributed by atoms with E-state index in [0.717, 1.165) is 23.7 Å². The van der Waals surface area contributed by atoms with Gasteiger partial charge in [0.1, 0.15) is 0 Å². The SMILES string of the molecule is Cc1ccc(-c2nc(NN=C3CC[NH+](C)CC3)sc2C)cc1. The van der Waals surface area contributed by atoms with Gasteiger partial charge in [-0.3, -0.25) is 5.43 Å². The van der Waals surface area contributed by atoms with E-state index in [9.17, 15) is 0 Å². The van der Waals surface area contributed by atoms with E-state index in [1.165, 1.54) is 34.8 Å². The first-order valence-electron chi connectivity index (χ1n) is 7.79. The van der Waals surface area contributed by atoms with Crippen molar-refractivity contribution in [3.05, 3.63) is 34.7 Å². The largest absolute Gasteiger partial charge is 0.337 e. The molecule has 0 amide bonds. The van der Waals surface area contributed by atoms with Crippen molar-refractivity contribution in [3.8, 4) is 11.3 Å². The Morgan fingerprint density at radius 1 is 1.14 bits per heavy atom. The highest BCUT2D eigenvalue weighted by molar-refractivity contribution is 7.15. The van der Waals surface area contributed by atoms with Crippen molar-refractivity contribution in [2.45, 2.75) is 26.7 Å². The predicted molar refractivity (Wildman–Crippen MR) is 93.9 cm³/mol. The molecule has 5 heteroatoms. The van der Waals surface area contributed by atoms with Gasteiger partial charge in [-0.2, -0.15) is 5.10 Å². The van der Waals surface area contributed by atoms with Crippen LogP contribution in [0.5, 0.6) is 0 Å². The van der Waals surface area contributed by atoms with Crippen molar-refractivity contribution in [2.75, 3.05) is 25.6 Å². The van der Waals surface area contributed by atoms with Gasteiger partial charge in [0, 0.05) is 29.0 Å². The molecule has 22 heavy (non-hydrogen) atoms. The molecule has 2 aromatic rings. The lowest BCUT2D eigenvalue weighted by Crippen LogP contribution is -3.10. The van der Waals surface area contributed by atoms with Gasteiger partial charge < -0.3 is 4.90 Å². The normalized spacial score (nSPS) is 18.3. The summed E-state index contributed by atoms with van der Waals surface area (Å²) in [5.41, 5.74) is 7.91. The Balaban J connectivity index is 1.72. The molecule has 0 atom stereocenters. The summed E-state index contributed by atoms with van der Waals surface area (Å²) in [5.74, 6) is 0. The van der Waals surface area contributed by atoms with Gasteiger partial charge in [-0.05, 0) is 13.8 Å². The van der Waals surface area contributed by atoms with Crippen molar-refractivity contribution in [1.29, 1.82) is 0 Å². The summed E-state index contributed by atoms with van der Waals surface area (Å²) >= 11 is 1.67. The minimum absolute atomic E-state index is 0.881. The van der Waals surface area contributed by atoms with Crippen molar-refractivity contribution in [1.82, 2.24) is 4.98 Å². The molecule has 0 aliphatic carbocycles. The van der Waals surface area contributed by atoms with Gasteiger partial charge in [-0.25, -0.2) is 4.98 Å². The van der Waals surface area contributed by atoms with Crippen LogP contribution in [-0.4, -0.2) is 30.8 Å². The maximum Gasteiger partial charge on any atom is 0.204 e. The average Bonchev–Trinajstić information content (AvgIpc) is 2.89. The lowest BCUT2D eigenvalue weighted by molar-refractivity contribution is -0.880. The number of nitrogens with zero attached hydrogens (tertiary/aromatic N) is 2. The fourth-order valence-electron chi connectivity index (χ4n) is 2.63. The molecule has 1 aromatic heterocycles. The Morgan fingerprint density at radius 2 is 1.82 bits per heavy atom. The highest BCUT2D eigenvalue weighted by Crippen LogP contribution is 2.30. The van der Waals surface area contributed by atoms with Crippen molar-refractivity contribution >= 4 is 22.2 Å². The molecule has 1 aliphatic heterocycles. The number of anilines is 1. The number of hydrogen-bond acceptors (Lipinski definition) is 4. The summed E-state index contributed by atoms with van der Waals surface area (Å²) in [4.78, 5) is 7.51. The smallest absolute Gasteiger partial charge is 0.204 e. The third kappa shape index (κ3) is 3.54. The molecule has 0 unspecified atom stereocenters. The molecule has 1 fully saturated rings. The first-order valence-corrected chi connectivity index (χ1v) is 8.60. The quantitative estimate of drug-likeness (QED) is 0.855. The number of hydrazone groups is 1. The third-order valence-electron chi connectivity index (χ3n) is 4.11. The summed E-state index contributed by atoms with van der Waals surface area (Å²) in [7, 11) is 2.24. The van der Waals surface area contributed by atoms with E-state index in [1.54, 1.807) is 16.2 Å². The molecule has 2 N–H and O–H groups in total. The predicted octanol–water partition coefficient (Wildman–Crippen LogP) is 2.50. The van der Waals surface area contributed by atoms with Crippen LogP contribution in [0.3, 0.4) is 0 Å². The Hall–Kier alpha value is -1.72. The summed E-state index contributed by atoms with van der Waals surface area (Å²) in [6.07, 6.45) is 2.15. The molecule has 2 heterocycles. The number of thiazole rings is 1. The molecule has 4 nitrogen and oxygen atoms in total. The first-order chi connectivity index (χ1) is 10.6. The number of piperidine rings is 1. The van der Waals surface area contributed by atoms with E-state index in [1.807, 2.05) is 0 Å². The summed E-state index contributed by atoms with van der Waals surface area (Å²) in [6, 6.07) is 8.52. The van der Waals surface area contributed by atoms with Gasteiger partial charge in [0.15, 0.2) is 0 Å². The maximum atomic E-state index is 4.70. The van der Waals surface area contributed by atoms with Crippen LogP contribution in [0, 0.1) is 13.8 Å². The zero-order chi connectivity index (χ0) is 15.5. The van der Waals surface area contributed by atoms with Crippen LogP contribution in [0.4, 0.5) is 5.13 Å². The van der Waals surface area contributed by atoms with Crippen LogP contribution in [0.2, 0.25) is 0 Å². The van der Waals surface area contributed by atoms with Gasteiger partial charge in [0.05, 0.1) is 25.8 Å². The molecule has 1 saturated heterocycles. The minimum atomic E-state index is 0.881. The number of nitrogens with one attached hydrogen (secondary N) is 2. The molecular weight excluding hydrogens is 292 g/mol. The van der Waals surface area contributed by atoms with Crippen LogP contribution in [-0.2, 0) is 0 Å². The highest BCUT2D eigenvalue weighted by Gasteiger charge is 2.15. The summed E-state index contributed by atoms with van der Waals surface area (Å²) in [5, 5.41) is 5.43. The number of aryl methyl sites for hydroxylation is 2. The average molecular weight is 315 g/mol. The number of likely N-dealkylation sites (tertiary alicyclic amines) is 1. The highest BCUT2D eigenvalue weighted by atomic mass is 32.1. The lowest BCUT2D eigenvalue weighted by atomic mass is 10.1. The van der Waals surface area contributed by atoms with E-state index in [4.69, 9.17) is 4.98 Å². The van der Waals surface area contributed by atoms with Crippen molar-refractivity contribution in [3.63, 3.8) is 0 Å². The molecular formula is C17H23N4S+. The fraction of sp³-hybridized carbons (Fsp3) is 0.412. The molecule has 116 valence electrons. The van der Waals surface area contributed by atoms with Gasteiger partial charge >= 0.3 is 0 Å². The zero-order valence-corrected chi connectivity index (χ0v) is 14.3.